The molecule has 1 aliphatic rings. The van der Waals surface area contributed by atoms with Crippen LogP contribution in [0.15, 0.2) is 28.8 Å². The number of hydrogen-bond donors (Lipinski definition) is 1. The van der Waals surface area contributed by atoms with E-state index in [-0.39, 0.29) is 11.6 Å². The molecule has 0 spiro atoms. The highest BCUT2D eigenvalue weighted by Gasteiger charge is 2.29. The number of aryl methyl sites for hydroxylation is 2. The van der Waals surface area contributed by atoms with Gasteiger partial charge in [-0.05, 0) is 36.6 Å². The molecule has 2 heterocycles. The number of carboxylic acids is 1. The van der Waals surface area contributed by atoms with Crippen molar-refractivity contribution in [1.29, 1.82) is 0 Å². The Balaban J connectivity index is 1.74. The first-order valence-electron chi connectivity index (χ1n) is 7.80. The summed E-state index contributed by atoms with van der Waals surface area (Å²) >= 11 is 6.09. The zero-order chi connectivity index (χ0) is 17.7. The average Bonchev–Trinajstić information content (AvgIpc) is 3.10. The van der Waals surface area contributed by atoms with Crippen LogP contribution in [0.4, 0.5) is 4.39 Å². The standard InChI is InChI=1S/C18H14ClFN2O3/c1-9-15-14(25-17(9)18(23)24)5-3-11-8-22(21-16(11)15)7-10-2-4-12(20)6-13(10)19/h2,4,6,8H,3,5,7H2,1H3,(H,23,24). The maximum Gasteiger partial charge on any atom is 0.372 e. The number of fused-ring (bicyclic) bond motifs is 3. The van der Waals surface area contributed by atoms with Crippen LogP contribution >= 0.6 is 11.6 Å². The molecule has 0 saturated heterocycles. The van der Waals surface area contributed by atoms with Gasteiger partial charge < -0.3 is 9.52 Å². The van der Waals surface area contributed by atoms with Crippen molar-refractivity contribution < 1.29 is 18.7 Å². The van der Waals surface area contributed by atoms with Gasteiger partial charge in [-0.3, -0.25) is 4.68 Å². The van der Waals surface area contributed by atoms with E-state index in [4.69, 9.17) is 16.0 Å². The molecule has 0 fully saturated rings. The monoisotopic (exact) mass is 360 g/mol. The van der Waals surface area contributed by atoms with E-state index in [1.165, 1.54) is 12.1 Å². The van der Waals surface area contributed by atoms with E-state index in [2.05, 4.69) is 5.10 Å². The normalized spacial score (nSPS) is 12.8. The lowest BCUT2D eigenvalue weighted by molar-refractivity contribution is 0.0659. The van der Waals surface area contributed by atoms with E-state index in [1.807, 2.05) is 6.20 Å². The zero-order valence-corrected chi connectivity index (χ0v) is 14.1. The summed E-state index contributed by atoms with van der Waals surface area (Å²) in [7, 11) is 0. The maximum absolute atomic E-state index is 13.2. The molecule has 1 aliphatic carbocycles. The van der Waals surface area contributed by atoms with Crippen molar-refractivity contribution in [3.63, 3.8) is 0 Å². The van der Waals surface area contributed by atoms with Crippen LogP contribution < -0.4 is 0 Å². The van der Waals surface area contributed by atoms with Crippen LogP contribution in [0.25, 0.3) is 11.3 Å². The molecule has 0 aliphatic heterocycles. The molecule has 0 unspecified atom stereocenters. The first-order valence-corrected chi connectivity index (χ1v) is 8.18. The van der Waals surface area contributed by atoms with Crippen molar-refractivity contribution in [3.05, 3.63) is 63.4 Å². The van der Waals surface area contributed by atoms with Gasteiger partial charge in [0.1, 0.15) is 11.6 Å². The summed E-state index contributed by atoms with van der Waals surface area (Å²) in [5.74, 6) is -0.833. The molecule has 0 radical (unpaired) electrons. The second kappa shape index (κ2) is 5.74. The Hall–Kier alpha value is -2.60. The number of carbonyl (C=O) groups is 1. The van der Waals surface area contributed by atoms with Gasteiger partial charge in [0.2, 0.25) is 5.76 Å². The van der Waals surface area contributed by atoms with E-state index >= 15 is 0 Å². The van der Waals surface area contributed by atoms with Crippen LogP contribution in [-0.2, 0) is 19.4 Å². The van der Waals surface area contributed by atoms with Gasteiger partial charge in [-0.2, -0.15) is 5.10 Å². The summed E-state index contributed by atoms with van der Waals surface area (Å²) in [5, 5.41) is 14.2. The molecule has 7 heteroatoms. The number of hydrogen-bond acceptors (Lipinski definition) is 3. The Bertz CT molecular complexity index is 1010. The molecule has 4 rings (SSSR count). The first kappa shape index (κ1) is 15.9. The second-order valence-electron chi connectivity index (χ2n) is 6.10. The molecule has 128 valence electrons. The minimum absolute atomic E-state index is 0.0334. The lowest BCUT2D eigenvalue weighted by Crippen LogP contribution is -2.02. The number of aromatic carboxylic acids is 1. The molecule has 5 nitrogen and oxygen atoms in total. The Labute approximate surface area is 147 Å². The molecule has 0 saturated carbocycles. The van der Waals surface area contributed by atoms with Gasteiger partial charge in [0, 0.05) is 28.8 Å². The number of rotatable bonds is 3. The van der Waals surface area contributed by atoms with Crippen molar-refractivity contribution in [2.45, 2.75) is 26.3 Å². The summed E-state index contributed by atoms with van der Waals surface area (Å²) in [5.41, 5.74) is 3.90. The molecule has 0 amide bonds. The molecular weight excluding hydrogens is 347 g/mol. The zero-order valence-electron chi connectivity index (χ0n) is 13.3. The third kappa shape index (κ3) is 2.62. The molecule has 1 N–H and O–H groups in total. The van der Waals surface area contributed by atoms with Crippen LogP contribution in [0, 0.1) is 12.7 Å². The summed E-state index contributed by atoms with van der Waals surface area (Å²) < 4.78 is 20.4. The Morgan fingerprint density at radius 2 is 2.24 bits per heavy atom. The number of benzene rings is 1. The Morgan fingerprint density at radius 1 is 1.44 bits per heavy atom. The summed E-state index contributed by atoms with van der Waals surface area (Å²) in [6, 6.07) is 4.27. The van der Waals surface area contributed by atoms with E-state index in [1.54, 1.807) is 17.7 Å². The fourth-order valence-corrected chi connectivity index (χ4v) is 3.50. The van der Waals surface area contributed by atoms with Crippen molar-refractivity contribution >= 4 is 17.6 Å². The van der Waals surface area contributed by atoms with Crippen molar-refractivity contribution in [1.82, 2.24) is 9.78 Å². The molecule has 2 aromatic heterocycles. The van der Waals surface area contributed by atoms with Gasteiger partial charge in [0.25, 0.3) is 0 Å². The molecule has 25 heavy (non-hydrogen) atoms. The van der Waals surface area contributed by atoms with Gasteiger partial charge in [0.15, 0.2) is 0 Å². The minimum Gasteiger partial charge on any atom is -0.475 e. The molecule has 1 aromatic carbocycles. The molecule has 0 bridgehead atoms. The third-order valence-corrected chi connectivity index (χ3v) is 4.81. The predicted octanol–water partition coefficient (Wildman–Crippen LogP) is 4.09. The lowest BCUT2D eigenvalue weighted by Gasteiger charge is -2.09. The topological polar surface area (TPSA) is 68.3 Å². The highest BCUT2D eigenvalue weighted by Crippen LogP contribution is 2.38. The van der Waals surface area contributed by atoms with Gasteiger partial charge in [0.05, 0.1) is 12.2 Å². The second-order valence-corrected chi connectivity index (χ2v) is 6.50. The van der Waals surface area contributed by atoms with Crippen LogP contribution in [-0.4, -0.2) is 20.9 Å². The van der Waals surface area contributed by atoms with Gasteiger partial charge >= 0.3 is 5.97 Å². The van der Waals surface area contributed by atoms with Crippen LogP contribution in [0.5, 0.6) is 0 Å². The summed E-state index contributed by atoms with van der Waals surface area (Å²) in [4.78, 5) is 11.3. The Kier molecular flexibility index (Phi) is 3.65. The lowest BCUT2D eigenvalue weighted by atomic mass is 9.94. The third-order valence-electron chi connectivity index (χ3n) is 4.46. The fourth-order valence-electron chi connectivity index (χ4n) is 3.27. The van der Waals surface area contributed by atoms with Crippen LogP contribution in [0.1, 0.15) is 33.0 Å². The minimum atomic E-state index is -1.08. The number of aromatic nitrogens is 2. The number of furan rings is 1. The van der Waals surface area contributed by atoms with E-state index in [0.29, 0.717) is 29.3 Å². The number of carboxylic acid groups (broad SMARTS) is 1. The molecule has 3 aromatic rings. The maximum atomic E-state index is 13.2. The van der Waals surface area contributed by atoms with E-state index < -0.39 is 5.97 Å². The molecule has 0 atom stereocenters. The smallest absolute Gasteiger partial charge is 0.372 e. The predicted molar refractivity (Wildman–Crippen MR) is 89.5 cm³/mol. The van der Waals surface area contributed by atoms with Gasteiger partial charge in [-0.15, -0.1) is 0 Å². The van der Waals surface area contributed by atoms with Crippen LogP contribution in [0.3, 0.4) is 0 Å². The quantitative estimate of drug-likeness (QED) is 0.763. The summed E-state index contributed by atoms with van der Waals surface area (Å²) in [6.07, 6.45) is 3.29. The van der Waals surface area contributed by atoms with Crippen molar-refractivity contribution in [2.75, 3.05) is 0 Å². The van der Waals surface area contributed by atoms with Gasteiger partial charge in [-0.25, -0.2) is 9.18 Å². The van der Waals surface area contributed by atoms with Crippen molar-refractivity contribution in [3.8, 4) is 11.3 Å². The number of nitrogens with zero attached hydrogens (tertiary/aromatic N) is 2. The number of halogens is 2. The fraction of sp³-hybridized carbons (Fsp3) is 0.222. The first-order chi connectivity index (χ1) is 11.9. The average molecular weight is 361 g/mol. The van der Waals surface area contributed by atoms with Gasteiger partial charge in [-0.1, -0.05) is 17.7 Å². The van der Waals surface area contributed by atoms with E-state index in [0.717, 1.165) is 28.8 Å². The SMILES string of the molecule is Cc1c(C(=O)O)oc2c1-c1nn(Cc3ccc(F)cc3Cl)cc1CC2. The highest BCUT2D eigenvalue weighted by atomic mass is 35.5. The van der Waals surface area contributed by atoms with Crippen molar-refractivity contribution in [2.24, 2.45) is 0 Å². The summed E-state index contributed by atoms with van der Waals surface area (Å²) in [6.45, 7) is 2.14. The largest absolute Gasteiger partial charge is 0.475 e. The van der Waals surface area contributed by atoms with Crippen LogP contribution in [0.2, 0.25) is 5.02 Å². The highest BCUT2D eigenvalue weighted by molar-refractivity contribution is 6.31. The Morgan fingerprint density at radius 3 is 2.96 bits per heavy atom. The van der Waals surface area contributed by atoms with E-state index in [9.17, 15) is 14.3 Å². The molecular formula is C18H14ClFN2O3.